The lowest BCUT2D eigenvalue weighted by Crippen LogP contribution is -2.31. The summed E-state index contributed by atoms with van der Waals surface area (Å²) in [4.78, 5) is 24.1. The first-order chi connectivity index (χ1) is 8.88. The molecule has 0 aromatic carbocycles. The van der Waals surface area contributed by atoms with E-state index in [4.69, 9.17) is 9.63 Å². The number of rotatable bonds is 7. The van der Waals surface area contributed by atoms with Gasteiger partial charge in [0.15, 0.2) is 5.82 Å². The van der Waals surface area contributed by atoms with Crippen LogP contribution in [-0.2, 0) is 9.59 Å². The second kappa shape index (κ2) is 6.89. The van der Waals surface area contributed by atoms with Gasteiger partial charge in [0.2, 0.25) is 5.91 Å². The van der Waals surface area contributed by atoms with Crippen molar-refractivity contribution in [2.45, 2.75) is 20.3 Å². The average molecular weight is 269 g/mol. The molecule has 0 aliphatic carbocycles. The van der Waals surface area contributed by atoms with Crippen molar-refractivity contribution in [1.82, 2.24) is 10.1 Å². The van der Waals surface area contributed by atoms with Gasteiger partial charge in [-0.05, 0) is 14.0 Å². The SMILES string of the molecule is Cc1cc(NC(=O)CCN(C)CC(C)C(=O)O)no1. The van der Waals surface area contributed by atoms with Crippen molar-refractivity contribution in [1.29, 1.82) is 0 Å². The highest BCUT2D eigenvalue weighted by Crippen LogP contribution is 2.07. The summed E-state index contributed by atoms with van der Waals surface area (Å²) >= 11 is 0. The number of hydrogen-bond donors (Lipinski definition) is 2. The van der Waals surface area contributed by atoms with Crippen LogP contribution >= 0.6 is 0 Å². The van der Waals surface area contributed by atoms with Crippen LogP contribution in [0.1, 0.15) is 19.1 Å². The van der Waals surface area contributed by atoms with Crippen molar-refractivity contribution in [2.75, 3.05) is 25.5 Å². The standard InChI is InChI=1S/C12H19N3O4/c1-8(12(17)18)7-15(3)5-4-11(16)13-10-6-9(2)19-14-10/h6,8H,4-5,7H2,1-3H3,(H,17,18)(H,13,14,16). The molecule has 7 nitrogen and oxygen atoms in total. The minimum Gasteiger partial charge on any atom is -0.481 e. The van der Waals surface area contributed by atoms with E-state index in [-0.39, 0.29) is 12.3 Å². The van der Waals surface area contributed by atoms with E-state index in [0.29, 0.717) is 24.7 Å². The van der Waals surface area contributed by atoms with E-state index in [9.17, 15) is 9.59 Å². The maximum absolute atomic E-state index is 11.6. The molecule has 0 saturated carbocycles. The van der Waals surface area contributed by atoms with Crippen LogP contribution in [0.2, 0.25) is 0 Å². The molecule has 1 rings (SSSR count). The number of amides is 1. The molecule has 0 aliphatic rings. The number of nitrogens with one attached hydrogen (secondary N) is 1. The molecular formula is C12H19N3O4. The predicted octanol–water partition coefficient (Wildman–Crippen LogP) is 0.964. The molecule has 19 heavy (non-hydrogen) atoms. The summed E-state index contributed by atoms with van der Waals surface area (Å²) < 4.78 is 4.83. The van der Waals surface area contributed by atoms with Crippen molar-refractivity contribution >= 4 is 17.7 Å². The lowest BCUT2D eigenvalue weighted by Gasteiger charge is -2.18. The largest absolute Gasteiger partial charge is 0.481 e. The Balaban J connectivity index is 2.28. The van der Waals surface area contributed by atoms with Gasteiger partial charge in [0.25, 0.3) is 0 Å². The van der Waals surface area contributed by atoms with Crippen molar-refractivity contribution in [3.8, 4) is 0 Å². The average Bonchev–Trinajstić information content (AvgIpc) is 2.72. The molecule has 1 heterocycles. The number of carbonyl (C=O) groups is 2. The quantitative estimate of drug-likeness (QED) is 0.765. The summed E-state index contributed by atoms with van der Waals surface area (Å²) in [5, 5.41) is 15.0. The number of hydrogen-bond acceptors (Lipinski definition) is 5. The molecule has 0 bridgehead atoms. The zero-order valence-electron chi connectivity index (χ0n) is 11.3. The number of carbonyl (C=O) groups excluding carboxylic acids is 1. The van der Waals surface area contributed by atoms with E-state index in [1.807, 2.05) is 4.90 Å². The summed E-state index contributed by atoms with van der Waals surface area (Å²) in [5.41, 5.74) is 0. The second-order valence-corrected chi connectivity index (χ2v) is 4.62. The van der Waals surface area contributed by atoms with Crippen LogP contribution in [0, 0.1) is 12.8 Å². The van der Waals surface area contributed by atoms with E-state index in [1.54, 1.807) is 27.0 Å². The summed E-state index contributed by atoms with van der Waals surface area (Å²) in [6.45, 7) is 4.27. The second-order valence-electron chi connectivity index (χ2n) is 4.62. The van der Waals surface area contributed by atoms with Crippen LogP contribution in [0.5, 0.6) is 0 Å². The molecule has 0 aliphatic heterocycles. The molecule has 2 N–H and O–H groups in total. The molecule has 0 spiro atoms. The molecule has 1 atom stereocenters. The van der Waals surface area contributed by atoms with Crippen LogP contribution in [-0.4, -0.2) is 47.2 Å². The zero-order valence-corrected chi connectivity index (χ0v) is 11.3. The normalized spacial score (nSPS) is 12.4. The first kappa shape index (κ1) is 15.2. The third-order valence-electron chi connectivity index (χ3n) is 2.62. The van der Waals surface area contributed by atoms with Gasteiger partial charge in [-0.15, -0.1) is 0 Å². The molecule has 0 radical (unpaired) electrons. The summed E-state index contributed by atoms with van der Waals surface area (Å²) in [6.07, 6.45) is 0.273. The number of aryl methyl sites for hydroxylation is 1. The highest BCUT2D eigenvalue weighted by Gasteiger charge is 2.14. The lowest BCUT2D eigenvalue weighted by atomic mass is 10.2. The van der Waals surface area contributed by atoms with Gasteiger partial charge in [-0.3, -0.25) is 9.59 Å². The van der Waals surface area contributed by atoms with Crippen LogP contribution in [0.3, 0.4) is 0 Å². The molecule has 1 aromatic heterocycles. The Hall–Kier alpha value is -1.89. The van der Waals surface area contributed by atoms with Crippen molar-refractivity contribution in [3.05, 3.63) is 11.8 Å². The van der Waals surface area contributed by atoms with Gasteiger partial charge in [0.05, 0.1) is 5.92 Å². The highest BCUT2D eigenvalue weighted by molar-refractivity contribution is 5.89. The smallest absolute Gasteiger partial charge is 0.307 e. The molecular weight excluding hydrogens is 250 g/mol. The van der Waals surface area contributed by atoms with E-state index < -0.39 is 11.9 Å². The van der Waals surface area contributed by atoms with E-state index in [1.165, 1.54) is 0 Å². The van der Waals surface area contributed by atoms with Gasteiger partial charge in [0, 0.05) is 25.6 Å². The maximum Gasteiger partial charge on any atom is 0.307 e. The first-order valence-electron chi connectivity index (χ1n) is 6.03. The fourth-order valence-corrected chi connectivity index (χ4v) is 1.56. The first-order valence-corrected chi connectivity index (χ1v) is 6.03. The van der Waals surface area contributed by atoms with Crippen molar-refractivity contribution in [3.63, 3.8) is 0 Å². The van der Waals surface area contributed by atoms with Crippen LogP contribution < -0.4 is 5.32 Å². The topological polar surface area (TPSA) is 95.7 Å². The molecule has 0 saturated heterocycles. The fourth-order valence-electron chi connectivity index (χ4n) is 1.56. The van der Waals surface area contributed by atoms with Crippen molar-refractivity contribution in [2.24, 2.45) is 5.92 Å². The Morgan fingerprint density at radius 3 is 2.79 bits per heavy atom. The monoisotopic (exact) mass is 269 g/mol. The number of carboxylic acid groups (broad SMARTS) is 1. The van der Waals surface area contributed by atoms with Gasteiger partial charge in [-0.25, -0.2) is 0 Å². The Morgan fingerprint density at radius 1 is 1.58 bits per heavy atom. The molecule has 1 unspecified atom stereocenters. The van der Waals surface area contributed by atoms with Gasteiger partial charge in [0.1, 0.15) is 5.76 Å². The molecule has 1 amide bonds. The fraction of sp³-hybridized carbons (Fsp3) is 0.583. The van der Waals surface area contributed by atoms with Crippen LogP contribution in [0.15, 0.2) is 10.6 Å². The van der Waals surface area contributed by atoms with Crippen LogP contribution in [0.4, 0.5) is 5.82 Å². The van der Waals surface area contributed by atoms with Crippen LogP contribution in [0.25, 0.3) is 0 Å². The van der Waals surface area contributed by atoms with Crippen molar-refractivity contribution < 1.29 is 19.2 Å². The van der Waals surface area contributed by atoms with Gasteiger partial charge < -0.3 is 19.8 Å². The Bertz CT molecular complexity index is 444. The number of anilines is 1. The minimum atomic E-state index is -0.839. The van der Waals surface area contributed by atoms with Gasteiger partial charge in [-0.2, -0.15) is 0 Å². The molecule has 1 aromatic rings. The highest BCUT2D eigenvalue weighted by atomic mass is 16.5. The van der Waals surface area contributed by atoms with E-state index >= 15 is 0 Å². The van der Waals surface area contributed by atoms with E-state index in [0.717, 1.165) is 0 Å². The Labute approximate surface area is 111 Å². The number of carboxylic acids is 1. The maximum atomic E-state index is 11.6. The minimum absolute atomic E-state index is 0.178. The molecule has 0 fully saturated rings. The molecule has 106 valence electrons. The zero-order chi connectivity index (χ0) is 14.4. The molecule has 7 heteroatoms. The van der Waals surface area contributed by atoms with E-state index in [2.05, 4.69) is 10.5 Å². The predicted molar refractivity (Wildman–Crippen MR) is 68.8 cm³/mol. The summed E-state index contributed by atoms with van der Waals surface area (Å²) in [7, 11) is 1.78. The summed E-state index contributed by atoms with van der Waals surface area (Å²) in [5.74, 6) is -0.449. The number of aliphatic carboxylic acids is 1. The van der Waals surface area contributed by atoms with Gasteiger partial charge >= 0.3 is 5.97 Å². The Kier molecular flexibility index (Phi) is 5.50. The van der Waals surface area contributed by atoms with Gasteiger partial charge in [-0.1, -0.05) is 12.1 Å². The third-order valence-corrected chi connectivity index (χ3v) is 2.62. The lowest BCUT2D eigenvalue weighted by molar-refractivity contribution is -0.141. The third kappa shape index (κ3) is 5.52. The summed E-state index contributed by atoms with van der Waals surface area (Å²) in [6, 6.07) is 1.63. The Morgan fingerprint density at radius 2 is 2.26 bits per heavy atom. The number of aromatic nitrogens is 1. The number of nitrogens with zero attached hydrogens (tertiary/aromatic N) is 2.